The number of hydrogen-bond donors (Lipinski definition) is 1. The molecular formula is C19H27ClN2O2. The third-order valence-corrected chi connectivity index (χ3v) is 4.58. The number of rotatable bonds is 9. The predicted octanol–water partition coefficient (Wildman–Crippen LogP) is 3.57. The lowest BCUT2D eigenvalue weighted by atomic mass is 10.1. The van der Waals surface area contributed by atoms with Crippen molar-refractivity contribution < 1.29 is 9.53 Å². The number of carbonyl (C=O) groups excluding carboxylic acids is 1. The van der Waals surface area contributed by atoms with Gasteiger partial charge in [0.1, 0.15) is 6.10 Å². The lowest BCUT2D eigenvalue weighted by Crippen LogP contribution is -2.41. The van der Waals surface area contributed by atoms with Crippen molar-refractivity contribution in [2.24, 2.45) is 0 Å². The highest BCUT2D eigenvalue weighted by Crippen LogP contribution is 2.26. The third-order valence-electron chi connectivity index (χ3n) is 4.34. The Hall–Kier alpha value is -1.36. The molecular weight excluding hydrogens is 324 g/mol. The summed E-state index contributed by atoms with van der Waals surface area (Å²) in [5.41, 5.74) is 1.14. The SMILES string of the molecule is C=CCCOC(C)C(=O)NCC(c1cccc(Cl)c1)N1CCCC1. The van der Waals surface area contributed by atoms with Crippen molar-refractivity contribution in [3.63, 3.8) is 0 Å². The van der Waals surface area contributed by atoms with E-state index in [1.165, 1.54) is 12.8 Å². The number of likely N-dealkylation sites (tertiary alicyclic amines) is 1. The summed E-state index contributed by atoms with van der Waals surface area (Å²) in [4.78, 5) is 14.7. The van der Waals surface area contributed by atoms with Gasteiger partial charge >= 0.3 is 0 Å². The Morgan fingerprint density at radius 2 is 2.21 bits per heavy atom. The van der Waals surface area contributed by atoms with Gasteiger partial charge in [0.2, 0.25) is 5.91 Å². The minimum atomic E-state index is -0.455. The van der Waals surface area contributed by atoms with Crippen molar-refractivity contribution in [3.05, 3.63) is 47.5 Å². The van der Waals surface area contributed by atoms with Gasteiger partial charge in [-0.1, -0.05) is 29.8 Å². The molecule has 2 unspecified atom stereocenters. The standard InChI is InChI=1S/C19H27ClN2O2/c1-3-4-12-24-15(2)19(23)21-14-18(22-10-5-6-11-22)16-8-7-9-17(20)13-16/h3,7-9,13,15,18H,1,4-6,10-12,14H2,2H3,(H,21,23). The summed E-state index contributed by atoms with van der Waals surface area (Å²) in [6, 6.07) is 8.05. The molecule has 24 heavy (non-hydrogen) atoms. The Kier molecular flexibility index (Phi) is 7.76. The summed E-state index contributed by atoms with van der Waals surface area (Å²) in [6.07, 6.45) is 4.48. The molecule has 0 aromatic heterocycles. The monoisotopic (exact) mass is 350 g/mol. The summed E-state index contributed by atoms with van der Waals surface area (Å²) in [6.45, 7) is 8.62. The first kappa shape index (κ1) is 19.0. The van der Waals surface area contributed by atoms with Gasteiger partial charge in [0.15, 0.2) is 0 Å². The molecule has 1 saturated heterocycles. The van der Waals surface area contributed by atoms with Crippen LogP contribution in [0.25, 0.3) is 0 Å². The average Bonchev–Trinajstić information content (AvgIpc) is 3.09. The number of nitrogens with zero attached hydrogens (tertiary/aromatic N) is 1. The molecule has 1 heterocycles. The molecule has 0 saturated carbocycles. The van der Waals surface area contributed by atoms with E-state index in [4.69, 9.17) is 16.3 Å². The van der Waals surface area contributed by atoms with E-state index in [2.05, 4.69) is 22.9 Å². The van der Waals surface area contributed by atoms with Crippen LogP contribution in [0.15, 0.2) is 36.9 Å². The molecule has 4 nitrogen and oxygen atoms in total. The molecule has 1 aromatic carbocycles. The molecule has 1 N–H and O–H groups in total. The van der Waals surface area contributed by atoms with Gasteiger partial charge in [-0.05, 0) is 57.0 Å². The molecule has 1 fully saturated rings. The van der Waals surface area contributed by atoms with Crippen LogP contribution in [0, 0.1) is 0 Å². The second-order valence-corrected chi connectivity index (χ2v) is 6.59. The molecule has 1 amide bonds. The quantitative estimate of drug-likeness (QED) is 0.546. The van der Waals surface area contributed by atoms with Crippen molar-refractivity contribution in [3.8, 4) is 0 Å². The fourth-order valence-electron chi connectivity index (χ4n) is 2.97. The first-order valence-electron chi connectivity index (χ1n) is 8.61. The minimum Gasteiger partial charge on any atom is -0.368 e. The Balaban J connectivity index is 1.95. The van der Waals surface area contributed by atoms with E-state index in [0.29, 0.717) is 13.2 Å². The summed E-state index contributed by atoms with van der Waals surface area (Å²) < 4.78 is 5.51. The number of carbonyl (C=O) groups is 1. The third kappa shape index (κ3) is 5.62. The highest BCUT2D eigenvalue weighted by molar-refractivity contribution is 6.30. The second-order valence-electron chi connectivity index (χ2n) is 6.15. The van der Waals surface area contributed by atoms with Gasteiger partial charge in [0.05, 0.1) is 12.6 Å². The van der Waals surface area contributed by atoms with Crippen LogP contribution in [0.2, 0.25) is 5.02 Å². The van der Waals surface area contributed by atoms with Crippen molar-refractivity contribution in [1.29, 1.82) is 0 Å². The molecule has 2 rings (SSSR count). The molecule has 0 aliphatic carbocycles. The van der Waals surface area contributed by atoms with Crippen LogP contribution in [-0.4, -0.2) is 43.2 Å². The van der Waals surface area contributed by atoms with Gasteiger partial charge in [-0.2, -0.15) is 0 Å². The summed E-state index contributed by atoms with van der Waals surface area (Å²) in [5, 5.41) is 3.76. The van der Waals surface area contributed by atoms with Crippen molar-refractivity contribution in [2.75, 3.05) is 26.2 Å². The van der Waals surface area contributed by atoms with Gasteiger partial charge in [0, 0.05) is 11.6 Å². The molecule has 1 aliphatic heterocycles. The van der Waals surface area contributed by atoms with E-state index >= 15 is 0 Å². The summed E-state index contributed by atoms with van der Waals surface area (Å²) >= 11 is 6.15. The Morgan fingerprint density at radius 3 is 2.88 bits per heavy atom. The van der Waals surface area contributed by atoms with Crippen LogP contribution < -0.4 is 5.32 Å². The van der Waals surface area contributed by atoms with E-state index in [-0.39, 0.29) is 11.9 Å². The molecule has 0 spiro atoms. The zero-order valence-electron chi connectivity index (χ0n) is 14.3. The maximum atomic E-state index is 12.2. The fraction of sp³-hybridized carbons (Fsp3) is 0.526. The maximum absolute atomic E-state index is 12.2. The summed E-state index contributed by atoms with van der Waals surface area (Å²) in [5.74, 6) is -0.0784. The maximum Gasteiger partial charge on any atom is 0.248 e. The number of benzene rings is 1. The van der Waals surface area contributed by atoms with Crippen molar-refractivity contribution in [2.45, 2.75) is 38.3 Å². The number of ether oxygens (including phenoxy) is 1. The van der Waals surface area contributed by atoms with Gasteiger partial charge in [0.25, 0.3) is 0 Å². The lowest BCUT2D eigenvalue weighted by Gasteiger charge is -2.28. The van der Waals surface area contributed by atoms with Crippen molar-refractivity contribution in [1.82, 2.24) is 10.2 Å². The van der Waals surface area contributed by atoms with Gasteiger partial charge in [-0.25, -0.2) is 0 Å². The van der Waals surface area contributed by atoms with Gasteiger partial charge in [-0.3, -0.25) is 9.69 Å². The summed E-state index contributed by atoms with van der Waals surface area (Å²) in [7, 11) is 0. The largest absolute Gasteiger partial charge is 0.368 e. The molecule has 1 aromatic rings. The van der Waals surface area contributed by atoms with Crippen LogP contribution in [-0.2, 0) is 9.53 Å². The van der Waals surface area contributed by atoms with Crippen LogP contribution in [0.5, 0.6) is 0 Å². The predicted molar refractivity (Wildman–Crippen MR) is 98.2 cm³/mol. The van der Waals surface area contributed by atoms with Crippen molar-refractivity contribution >= 4 is 17.5 Å². The molecule has 132 valence electrons. The average molecular weight is 351 g/mol. The Bertz CT molecular complexity index is 544. The van der Waals surface area contributed by atoms with Crippen LogP contribution >= 0.6 is 11.6 Å². The zero-order valence-corrected chi connectivity index (χ0v) is 15.1. The number of hydrogen-bond acceptors (Lipinski definition) is 3. The first-order chi connectivity index (χ1) is 11.6. The normalized spacial score (nSPS) is 17.4. The number of nitrogens with one attached hydrogen (secondary N) is 1. The molecule has 0 bridgehead atoms. The fourth-order valence-corrected chi connectivity index (χ4v) is 3.17. The van der Waals surface area contributed by atoms with Gasteiger partial charge < -0.3 is 10.1 Å². The van der Waals surface area contributed by atoms with E-state index in [9.17, 15) is 4.79 Å². The molecule has 0 radical (unpaired) electrons. The smallest absolute Gasteiger partial charge is 0.248 e. The van der Waals surface area contributed by atoms with E-state index < -0.39 is 6.10 Å². The van der Waals surface area contributed by atoms with E-state index in [0.717, 1.165) is 30.1 Å². The molecule has 5 heteroatoms. The van der Waals surface area contributed by atoms with E-state index in [1.54, 1.807) is 13.0 Å². The molecule has 2 atom stereocenters. The first-order valence-corrected chi connectivity index (χ1v) is 8.99. The number of halogens is 1. The lowest BCUT2D eigenvalue weighted by molar-refractivity contribution is -0.131. The van der Waals surface area contributed by atoms with Crippen LogP contribution in [0.3, 0.4) is 0 Å². The van der Waals surface area contributed by atoms with E-state index in [1.807, 2.05) is 18.2 Å². The Morgan fingerprint density at radius 1 is 1.46 bits per heavy atom. The molecule has 1 aliphatic rings. The highest BCUT2D eigenvalue weighted by Gasteiger charge is 2.25. The highest BCUT2D eigenvalue weighted by atomic mass is 35.5. The second kappa shape index (κ2) is 9.82. The Labute approximate surface area is 149 Å². The zero-order chi connectivity index (χ0) is 17.4. The topological polar surface area (TPSA) is 41.6 Å². The van der Waals surface area contributed by atoms with Gasteiger partial charge in [-0.15, -0.1) is 6.58 Å². The number of amides is 1. The van der Waals surface area contributed by atoms with Crippen LogP contribution in [0.1, 0.15) is 37.8 Å². The minimum absolute atomic E-state index is 0.0784. The van der Waals surface area contributed by atoms with Crippen LogP contribution in [0.4, 0.5) is 0 Å².